The minimum Gasteiger partial charge on any atom is -0.334 e. The highest BCUT2D eigenvalue weighted by Crippen LogP contribution is 2.36. The zero-order chi connectivity index (χ0) is 18.8. The molecular weight excluding hydrogens is 360 g/mol. The van der Waals surface area contributed by atoms with Crippen LogP contribution < -0.4 is 5.32 Å². The van der Waals surface area contributed by atoms with Crippen LogP contribution in [0.2, 0.25) is 0 Å². The minimum atomic E-state index is 0.0565. The van der Waals surface area contributed by atoms with Gasteiger partial charge in [0.2, 0.25) is 11.0 Å². The number of nitrogens with one attached hydrogen (secondary N) is 1. The zero-order valence-corrected chi connectivity index (χ0v) is 16.8. The summed E-state index contributed by atoms with van der Waals surface area (Å²) >= 11 is 1.54. The van der Waals surface area contributed by atoms with Crippen molar-refractivity contribution in [3.05, 3.63) is 22.6 Å². The molecule has 2 aromatic heterocycles. The molecule has 0 bridgehead atoms. The van der Waals surface area contributed by atoms with E-state index in [2.05, 4.69) is 37.3 Å². The van der Waals surface area contributed by atoms with E-state index in [1.807, 2.05) is 13.0 Å². The quantitative estimate of drug-likeness (QED) is 0.841. The predicted molar refractivity (Wildman–Crippen MR) is 105 cm³/mol. The van der Waals surface area contributed by atoms with E-state index in [-0.39, 0.29) is 12.0 Å². The molecule has 1 aliphatic heterocycles. The Bertz CT molecular complexity index is 816. The molecule has 2 fully saturated rings. The van der Waals surface area contributed by atoms with Crippen molar-refractivity contribution in [3.8, 4) is 0 Å². The third-order valence-electron chi connectivity index (χ3n) is 5.44. The molecule has 2 aromatic rings. The molecule has 1 unspecified atom stereocenters. The number of rotatable bonds is 5. The van der Waals surface area contributed by atoms with E-state index in [4.69, 9.17) is 0 Å². The van der Waals surface area contributed by atoms with Gasteiger partial charge < -0.3 is 10.2 Å². The van der Waals surface area contributed by atoms with Crippen molar-refractivity contribution in [1.82, 2.24) is 25.1 Å². The monoisotopic (exact) mass is 386 g/mol. The number of amides is 1. The van der Waals surface area contributed by atoms with E-state index in [9.17, 15) is 4.79 Å². The van der Waals surface area contributed by atoms with Gasteiger partial charge in [-0.05, 0) is 39.0 Å². The van der Waals surface area contributed by atoms with Gasteiger partial charge in [-0.1, -0.05) is 31.1 Å². The Kier molecular flexibility index (Phi) is 5.33. The third kappa shape index (κ3) is 3.95. The lowest BCUT2D eigenvalue weighted by atomic mass is 10.0. The summed E-state index contributed by atoms with van der Waals surface area (Å²) in [4.78, 5) is 24.2. The first kappa shape index (κ1) is 18.3. The van der Waals surface area contributed by atoms with Gasteiger partial charge in [-0.3, -0.25) is 4.79 Å². The van der Waals surface area contributed by atoms with Crippen LogP contribution in [-0.4, -0.2) is 37.5 Å². The minimum absolute atomic E-state index is 0.0565. The molecule has 0 radical (unpaired) electrons. The standard InChI is InChI=1S/C19H26N6OS/c1-3-17-23-24-19(27-17)22-16-11-14(20-12(2)21-16)15-9-6-10-25(15)18(26)13-7-4-5-8-13/h11,13,15H,3-10H2,1-2H3,(H,20,21,22,24). The molecular formula is C19H26N6OS. The zero-order valence-electron chi connectivity index (χ0n) is 15.9. The number of carbonyl (C=O) groups excluding carboxylic acids is 1. The van der Waals surface area contributed by atoms with Crippen LogP contribution in [0.4, 0.5) is 10.9 Å². The Morgan fingerprint density at radius 3 is 2.78 bits per heavy atom. The molecule has 0 aromatic carbocycles. The topological polar surface area (TPSA) is 83.9 Å². The molecule has 0 spiro atoms. The van der Waals surface area contributed by atoms with Gasteiger partial charge in [-0.15, -0.1) is 10.2 Å². The normalized spacial score (nSPS) is 20.4. The van der Waals surface area contributed by atoms with Gasteiger partial charge in [0.1, 0.15) is 16.6 Å². The first-order valence-electron chi connectivity index (χ1n) is 9.89. The van der Waals surface area contributed by atoms with Crippen LogP contribution in [0.5, 0.6) is 0 Å². The molecule has 1 saturated heterocycles. The van der Waals surface area contributed by atoms with Crippen molar-refractivity contribution in [2.24, 2.45) is 5.92 Å². The number of carbonyl (C=O) groups is 1. The second-order valence-corrected chi connectivity index (χ2v) is 8.44. The van der Waals surface area contributed by atoms with Crippen LogP contribution in [0, 0.1) is 12.8 Å². The van der Waals surface area contributed by atoms with Gasteiger partial charge in [0, 0.05) is 18.5 Å². The molecule has 1 aliphatic carbocycles. The summed E-state index contributed by atoms with van der Waals surface area (Å²) < 4.78 is 0. The first-order valence-corrected chi connectivity index (χ1v) is 10.7. The lowest BCUT2D eigenvalue weighted by Crippen LogP contribution is -2.35. The van der Waals surface area contributed by atoms with Crippen molar-refractivity contribution >= 4 is 28.2 Å². The summed E-state index contributed by atoms with van der Waals surface area (Å²) in [6, 6.07) is 2.02. The van der Waals surface area contributed by atoms with E-state index < -0.39 is 0 Å². The van der Waals surface area contributed by atoms with Crippen molar-refractivity contribution in [1.29, 1.82) is 0 Å². The highest BCUT2D eigenvalue weighted by molar-refractivity contribution is 7.15. The number of hydrogen-bond donors (Lipinski definition) is 1. The fraction of sp³-hybridized carbons (Fsp3) is 0.632. The Labute approximate surface area is 163 Å². The number of aromatic nitrogens is 4. The van der Waals surface area contributed by atoms with Gasteiger partial charge >= 0.3 is 0 Å². The van der Waals surface area contributed by atoms with Crippen molar-refractivity contribution in [3.63, 3.8) is 0 Å². The average molecular weight is 387 g/mol. The summed E-state index contributed by atoms with van der Waals surface area (Å²) in [5.74, 6) is 1.95. The molecule has 1 atom stereocenters. The van der Waals surface area contributed by atoms with Gasteiger partial charge in [0.25, 0.3) is 0 Å². The van der Waals surface area contributed by atoms with E-state index in [0.29, 0.717) is 11.7 Å². The second kappa shape index (κ2) is 7.88. The molecule has 4 rings (SSSR count). The molecule has 1 amide bonds. The van der Waals surface area contributed by atoms with E-state index in [1.54, 1.807) is 0 Å². The summed E-state index contributed by atoms with van der Waals surface area (Å²) in [7, 11) is 0. The Balaban J connectivity index is 1.55. The SMILES string of the molecule is CCc1nnc(Nc2cc(C3CCCN3C(=O)C3CCCC3)nc(C)n2)s1. The second-order valence-electron chi connectivity index (χ2n) is 7.38. The summed E-state index contributed by atoms with van der Waals surface area (Å²) in [5.41, 5.74) is 0.925. The van der Waals surface area contributed by atoms with E-state index >= 15 is 0 Å². The fourth-order valence-corrected chi connectivity index (χ4v) is 4.81. The van der Waals surface area contributed by atoms with Gasteiger partial charge in [-0.25, -0.2) is 9.97 Å². The lowest BCUT2D eigenvalue weighted by molar-refractivity contribution is -0.136. The number of nitrogens with zero attached hydrogens (tertiary/aromatic N) is 5. The Morgan fingerprint density at radius 1 is 1.22 bits per heavy atom. The summed E-state index contributed by atoms with van der Waals surface area (Å²) in [5, 5.41) is 13.3. The number of likely N-dealkylation sites (tertiary alicyclic amines) is 1. The molecule has 7 nitrogen and oxygen atoms in total. The lowest BCUT2D eigenvalue weighted by Gasteiger charge is -2.27. The summed E-state index contributed by atoms with van der Waals surface area (Å²) in [6.07, 6.45) is 7.30. The van der Waals surface area contributed by atoms with Crippen LogP contribution in [-0.2, 0) is 11.2 Å². The number of hydrogen-bond acceptors (Lipinski definition) is 7. The predicted octanol–water partition coefficient (Wildman–Crippen LogP) is 3.80. The van der Waals surface area contributed by atoms with Crippen LogP contribution in [0.25, 0.3) is 0 Å². The highest BCUT2D eigenvalue weighted by atomic mass is 32.1. The number of aryl methyl sites for hydroxylation is 2. The van der Waals surface area contributed by atoms with Crippen LogP contribution in [0.1, 0.15) is 68.0 Å². The molecule has 2 aliphatic rings. The van der Waals surface area contributed by atoms with Crippen molar-refractivity contribution in [2.75, 3.05) is 11.9 Å². The maximum atomic E-state index is 13.0. The van der Waals surface area contributed by atoms with E-state index in [1.165, 1.54) is 24.2 Å². The molecule has 8 heteroatoms. The Morgan fingerprint density at radius 2 is 2.04 bits per heavy atom. The van der Waals surface area contributed by atoms with Crippen LogP contribution in [0.15, 0.2) is 6.07 Å². The Hall–Kier alpha value is -2.09. The molecule has 1 saturated carbocycles. The summed E-state index contributed by atoms with van der Waals surface area (Å²) in [6.45, 7) is 4.79. The molecule has 1 N–H and O–H groups in total. The maximum absolute atomic E-state index is 13.0. The third-order valence-corrected chi connectivity index (χ3v) is 6.43. The van der Waals surface area contributed by atoms with Crippen molar-refractivity contribution in [2.45, 2.75) is 64.8 Å². The van der Waals surface area contributed by atoms with Gasteiger partial charge in [0.15, 0.2) is 0 Å². The van der Waals surface area contributed by atoms with Crippen LogP contribution in [0.3, 0.4) is 0 Å². The van der Waals surface area contributed by atoms with Gasteiger partial charge in [0.05, 0.1) is 11.7 Å². The maximum Gasteiger partial charge on any atom is 0.226 e. The average Bonchev–Trinajstić information content (AvgIpc) is 3.41. The molecule has 3 heterocycles. The smallest absolute Gasteiger partial charge is 0.226 e. The fourth-order valence-electron chi connectivity index (χ4n) is 4.13. The molecule has 144 valence electrons. The van der Waals surface area contributed by atoms with E-state index in [0.717, 1.165) is 60.3 Å². The largest absolute Gasteiger partial charge is 0.334 e. The van der Waals surface area contributed by atoms with Gasteiger partial charge in [-0.2, -0.15) is 0 Å². The first-order chi connectivity index (χ1) is 13.1. The highest BCUT2D eigenvalue weighted by Gasteiger charge is 2.35. The van der Waals surface area contributed by atoms with Crippen molar-refractivity contribution < 1.29 is 4.79 Å². The number of anilines is 2. The van der Waals surface area contributed by atoms with Crippen LogP contribution >= 0.6 is 11.3 Å². The molecule has 27 heavy (non-hydrogen) atoms.